The summed E-state index contributed by atoms with van der Waals surface area (Å²) in [5, 5.41) is 3.87. The van der Waals surface area contributed by atoms with E-state index in [1.54, 1.807) is 0 Å². The summed E-state index contributed by atoms with van der Waals surface area (Å²) in [4.78, 5) is 4.28. The molecule has 6 nitrogen and oxygen atoms in total. The lowest BCUT2D eigenvalue weighted by atomic mass is 9.94. The van der Waals surface area contributed by atoms with Gasteiger partial charge >= 0.3 is 0 Å². The zero-order valence-corrected chi connectivity index (χ0v) is 10.8. The van der Waals surface area contributed by atoms with Gasteiger partial charge in [0.25, 0.3) is 0 Å². The highest BCUT2D eigenvalue weighted by molar-refractivity contribution is 7.91. The van der Waals surface area contributed by atoms with Crippen LogP contribution in [0.1, 0.15) is 37.9 Å². The van der Waals surface area contributed by atoms with Crippen molar-refractivity contribution in [3.8, 4) is 0 Å². The second-order valence-corrected chi connectivity index (χ2v) is 7.37. The van der Waals surface area contributed by atoms with Gasteiger partial charge in [-0.1, -0.05) is 5.16 Å². The number of rotatable bonds is 3. The van der Waals surface area contributed by atoms with Crippen LogP contribution in [0.3, 0.4) is 0 Å². The van der Waals surface area contributed by atoms with Crippen molar-refractivity contribution in [1.82, 2.24) is 10.1 Å². The minimum absolute atomic E-state index is 0.120. The zero-order valence-electron chi connectivity index (χ0n) is 10.0. The first kappa shape index (κ1) is 12.5. The highest BCUT2D eigenvalue weighted by Gasteiger charge is 2.34. The molecule has 1 aromatic rings. The van der Waals surface area contributed by atoms with Crippen LogP contribution >= 0.6 is 0 Å². The van der Waals surface area contributed by atoms with E-state index in [1.165, 1.54) is 0 Å². The van der Waals surface area contributed by atoms with Crippen molar-refractivity contribution in [1.29, 1.82) is 0 Å². The average molecular weight is 259 g/mol. The number of hydrogen-bond acceptors (Lipinski definition) is 6. The van der Waals surface area contributed by atoms with E-state index >= 15 is 0 Å². The SMILES string of the molecule is CC(C)(CN)c1nc(C2CCS(=O)(=O)C2)no1. The Labute approximate surface area is 100 Å². The van der Waals surface area contributed by atoms with Crippen LogP contribution in [0.25, 0.3) is 0 Å². The van der Waals surface area contributed by atoms with Crippen molar-refractivity contribution in [3.63, 3.8) is 0 Å². The van der Waals surface area contributed by atoms with Gasteiger partial charge in [-0.15, -0.1) is 0 Å². The molecule has 7 heteroatoms. The minimum atomic E-state index is -2.92. The first-order valence-corrected chi connectivity index (χ1v) is 7.41. The van der Waals surface area contributed by atoms with Crippen molar-refractivity contribution in [2.75, 3.05) is 18.1 Å². The molecule has 0 aromatic carbocycles. The zero-order chi connectivity index (χ0) is 12.7. The summed E-state index contributed by atoms with van der Waals surface area (Å²) >= 11 is 0. The molecule has 0 aliphatic carbocycles. The molecule has 1 saturated heterocycles. The second kappa shape index (κ2) is 4.06. The van der Waals surface area contributed by atoms with E-state index in [9.17, 15) is 8.42 Å². The fraction of sp³-hybridized carbons (Fsp3) is 0.800. The molecule has 1 aliphatic rings. The lowest BCUT2D eigenvalue weighted by Crippen LogP contribution is -2.28. The minimum Gasteiger partial charge on any atom is -0.339 e. The van der Waals surface area contributed by atoms with E-state index < -0.39 is 9.84 Å². The average Bonchev–Trinajstić information content (AvgIpc) is 2.84. The maximum Gasteiger partial charge on any atom is 0.233 e. The monoisotopic (exact) mass is 259 g/mol. The Morgan fingerprint density at radius 3 is 2.76 bits per heavy atom. The summed E-state index contributed by atoms with van der Waals surface area (Å²) in [6.07, 6.45) is 0.574. The summed E-state index contributed by atoms with van der Waals surface area (Å²) in [6, 6.07) is 0. The molecule has 1 unspecified atom stereocenters. The Bertz CT molecular complexity index is 507. The van der Waals surface area contributed by atoms with Crippen LogP contribution in [-0.2, 0) is 15.3 Å². The van der Waals surface area contributed by atoms with Crippen molar-refractivity contribution in [2.24, 2.45) is 5.73 Å². The third kappa shape index (κ3) is 2.50. The van der Waals surface area contributed by atoms with Gasteiger partial charge < -0.3 is 10.3 Å². The summed E-state index contributed by atoms with van der Waals surface area (Å²) < 4.78 is 27.9. The highest BCUT2D eigenvalue weighted by Crippen LogP contribution is 2.28. The molecule has 96 valence electrons. The number of nitrogens with zero attached hydrogens (tertiary/aromatic N) is 2. The Kier molecular flexibility index (Phi) is 2.99. The molecule has 1 aliphatic heterocycles. The fourth-order valence-corrected chi connectivity index (χ4v) is 3.50. The second-order valence-electron chi connectivity index (χ2n) is 5.15. The summed E-state index contributed by atoms with van der Waals surface area (Å²) in [7, 11) is -2.92. The fourth-order valence-electron chi connectivity index (χ4n) is 1.76. The van der Waals surface area contributed by atoms with Crippen LogP contribution in [0.4, 0.5) is 0 Å². The highest BCUT2D eigenvalue weighted by atomic mass is 32.2. The summed E-state index contributed by atoms with van der Waals surface area (Å²) in [6.45, 7) is 4.23. The molecule has 1 aromatic heterocycles. The Balaban J connectivity index is 2.20. The molecule has 0 bridgehead atoms. The van der Waals surface area contributed by atoms with Crippen LogP contribution in [0.5, 0.6) is 0 Å². The first-order chi connectivity index (χ1) is 7.84. The maximum atomic E-state index is 11.4. The lowest BCUT2D eigenvalue weighted by molar-refractivity contribution is 0.308. The van der Waals surface area contributed by atoms with Crippen LogP contribution in [0.2, 0.25) is 0 Å². The van der Waals surface area contributed by atoms with Gasteiger partial charge in [0.15, 0.2) is 15.7 Å². The Morgan fingerprint density at radius 1 is 1.53 bits per heavy atom. The van der Waals surface area contributed by atoms with Crippen LogP contribution in [0, 0.1) is 0 Å². The standard InChI is InChI=1S/C10H17N3O3S/c1-10(2,6-11)9-12-8(13-16-9)7-3-4-17(14,15)5-7/h7H,3-6,11H2,1-2H3. The first-order valence-electron chi connectivity index (χ1n) is 5.59. The van der Waals surface area contributed by atoms with Crippen LogP contribution in [0.15, 0.2) is 4.52 Å². The number of aromatic nitrogens is 2. The van der Waals surface area contributed by atoms with E-state index in [0.29, 0.717) is 24.7 Å². The van der Waals surface area contributed by atoms with Gasteiger partial charge in [0, 0.05) is 12.5 Å². The third-order valence-corrected chi connectivity index (χ3v) is 4.90. The molecule has 0 saturated carbocycles. The molecule has 2 rings (SSSR count). The van der Waals surface area contributed by atoms with Gasteiger partial charge in [0.2, 0.25) is 5.89 Å². The van der Waals surface area contributed by atoms with E-state index in [1.807, 2.05) is 13.8 Å². The quantitative estimate of drug-likeness (QED) is 0.833. The van der Waals surface area contributed by atoms with Crippen LogP contribution < -0.4 is 5.73 Å². The molecule has 2 heterocycles. The summed E-state index contributed by atoms with van der Waals surface area (Å²) in [5.41, 5.74) is 5.25. The van der Waals surface area contributed by atoms with Crippen molar-refractivity contribution in [2.45, 2.75) is 31.6 Å². The predicted octanol–water partition coefficient (Wildman–Crippen LogP) is 0.208. The normalized spacial score (nSPS) is 24.1. The Hall–Kier alpha value is -0.950. The molecule has 1 atom stereocenters. The van der Waals surface area contributed by atoms with E-state index in [4.69, 9.17) is 10.3 Å². The number of sulfone groups is 1. The van der Waals surface area contributed by atoms with E-state index in [2.05, 4.69) is 10.1 Å². The van der Waals surface area contributed by atoms with Crippen molar-refractivity contribution < 1.29 is 12.9 Å². The van der Waals surface area contributed by atoms with Crippen LogP contribution in [-0.4, -0.2) is 36.6 Å². The smallest absolute Gasteiger partial charge is 0.233 e. The van der Waals surface area contributed by atoms with Gasteiger partial charge in [-0.05, 0) is 20.3 Å². The summed E-state index contributed by atoms with van der Waals surface area (Å²) in [5.74, 6) is 1.16. The van der Waals surface area contributed by atoms with Gasteiger partial charge in [-0.2, -0.15) is 4.98 Å². The Morgan fingerprint density at radius 2 is 2.24 bits per heavy atom. The molecular weight excluding hydrogens is 242 g/mol. The van der Waals surface area contributed by atoms with E-state index in [0.717, 1.165) is 0 Å². The van der Waals surface area contributed by atoms with Crippen molar-refractivity contribution >= 4 is 9.84 Å². The molecular formula is C10H17N3O3S. The third-order valence-electron chi connectivity index (χ3n) is 3.13. The van der Waals surface area contributed by atoms with Crippen molar-refractivity contribution in [3.05, 3.63) is 11.7 Å². The van der Waals surface area contributed by atoms with Gasteiger partial charge in [0.05, 0.1) is 16.9 Å². The molecule has 0 radical (unpaired) electrons. The molecule has 0 amide bonds. The largest absolute Gasteiger partial charge is 0.339 e. The predicted molar refractivity (Wildman–Crippen MR) is 62.4 cm³/mol. The van der Waals surface area contributed by atoms with Gasteiger partial charge in [0.1, 0.15) is 0 Å². The number of hydrogen-bond donors (Lipinski definition) is 1. The van der Waals surface area contributed by atoms with Gasteiger partial charge in [-0.25, -0.2) is 8.42 Å². The number of nitrogens with two attached hydrogens (primary N) is 1. The molecule has 1 fully saturated rings. The lowest BCUT2D eigenvalue weighted by Gasteiger charge is -2.15. The maximum absolute atomic E-state index is 11.4. The molecule has 2 N–H and O–H groups in total. The van der Waals surface area contributed by atoms with E-state index in [-0.39, 0.29) is 22.8 Å². The molecule has 17 heavy (non-hydrogen) atoms. The molecule has 0 spiro atoms. The van der Waals surface area contributed by atoms with Gasteiger partial charge in [-0.3, -0.25) is 0 Å². The topological polar surface area (TPSA) is 99.1 Å².